The number of allylic oxidation sites excluding steroid dienone is 4. The maximum absolute atomic E-state index is 11.6. The number of aliphatic hydroxyl groups is 5. The quantitative estimate of drug-likeness (QED) is 0.266. The molecule has 4 rings (SSSR count). The van der Waals surface area contributed by atoms with Gasteiger partial charge in [0.1, 0.15) is 0 Å². The molecule has 192 valence electrons. The molecule has 7 heteroatoms. The second-order valence-electron chi connectivity index (χ2n) is 12.8. The fourth-order valence-corrected chi connectivity index (χ4v) is 7.82. The van der Waals surface area contributed by atoms with Crippen LogP contribution in [0.5, 0.6) is 0 Å². The largest absolute Gasteiger partial charge is 0.411 e. The first kappa shape index (κ1) is 25.8. The van der Waals surface area contributed by atoms with E-state index < -0.39 is 29.5 Å². The van der Waals surface area contributed by atoms with E-state index in [1.807, 2.05) is 6.08 Å². The van der Waals surface area contributed by atoms with Crippen LogP contribution in [0.25, 0.3) is 0 Å². The molecule has 4 aliphatic rings. The highest BCUT2D eigenvalue weighted by Crippen LogP contribution is 2.65. The third kappa shape index (κ3) is 3.97. The van der Waals surface area contributed by atoms with E-state index in [9.17, 15) is 30.7 Å². The van der Waals surface area contributed by atoms with Gasteiger partial charge in [-0.25, -0.2) is 0 Å². The second-order valence-corrected chi connectivity index (χ2v) is 12.8. The minimum absolute atomic E-state index is 0.126. The van der Waals surface area contributed by atoms with Gasteiger partial charge in [-0.05, 0) is 99.7 Å². The van der Waals surface area contributed by atoms with Crippen LogP contribution in [0.2, 0.25) is 0 Å². The van der Waals surface area contributed by atoms with E-state index >= 15 is 0 Å². The lowest BCUT2D eigenvalue weighted by Gasteiger charge is -2.57. The van der Waals surface area contributed by atoms with E-state index in [0.29, 0.717) is 37.8 Å². The van der Waals surface area contributed by atoms with Crippen molar-refractivity contribution < 1.29 is 30.7 Å². The third-order valence-corrected chi connectivity index (χ3v) is 9.93. The predicted octanol–water partition coefficient (Wildman–Crippen LogP) is 2.92. The van der Waals surface area contributed by atoms with Gasteiger partial charge in [0, 0.05) is 11.8 Å². The molecule has 34 heavy (non-hydrogen) atoms. The monoisotopic (exact) mass is 477 g/mol. The number of hydrogen-bond donors (Lipinski definition) is 6. The van der Waals surface area contributed by atoms with Crippen LogP contribution in [0.3, 0.4) is 0 Å². The molecule has 2 unspecified atom stereocenters. The summed E-state index contributed by atoms with van der Waals surface area (Å²) in [6.45, 7) is 9.43. The Kier molecular flexibility index (Phi) is 6.39. The number of hydrogen-bond acceptors (Lipinski definition) is 7. The molecule has 0 spiro atoms. The van der Waals surface area contributed by atoms with Gasteiger partial charge in [-0.2, -0.15) is 0 Å². The molecule has 6 N–H and O–H groups in total. The SMILES string of the molecule is CC(C)(O)CC[C@@H](O)[C@](C)(O)C1CC=C2C3=C/C(=N/O)[C@@H]4C[C@@H](O)[C@@H](O)C[C@]4(C)C3CC[C@@]21C. The Balaban J connectivity index is 1.65. The normalized spacial score (nSPS) is 43.8. The fraction of sp³-hybridized carbons (Fsp3) is 0.815. The molecule has 0 aromatic rings. The van der Waals surface area contributed by atoms with E-state index in [-0.39, 0.29) is 28.6 Å². The molecule has 0 saturated heterocycles. The molecule has 2 saturated carbocycles. The summed E-state index contributed by atoms with van der Waals surface area (Å²) < 4.78 is 0. The van der Waals surface area contributed by atoms with Gasteiger partial charge in [0.2, 0.25) is 0 Å². The van der Waals surface area contributed by atoms with Gasteiger partial charge >= 0.3 is 0 Å². The first-order chi connectivity index (χ1) is 15.6. The van der Waals surface area contributed by atoms with Crippen molar-refractivity contribution in [3.63, 3.8) is 0 Å². The molecule has 0 radical (unpaired) electrons. The molecular formula is C27H43NO6. The summed E-state index contributed by atoms with van der Waals surface area (Å²) in [7, 11) is 0. The van der Waals surface area contributed by atoms with Crippen LogP contribution in [-0.4, -0.2) is 66.0 Å². The zero-order chi connectivity index (χ0) is 25.3. The van der Waals surface area contributed by atoms with Crippen LogP contribution in [0.1, 0.15) is 79.6 Å². The molecule has 0 aromatic carbocycles. The van der Waals surface area contributed by atoms with Crippen molar-refractivity contribution in [1.82, 2.24) is 0 Å². The zero-order valence-corrected chi connectivity index (χ0v) is 21.2. The smallest absolute Gasteiger partial charge is 0.0916 e. The molecule has 0 heterocycles. The van der Waals surface area contributed by atoms with Gasteiger partial charge in [-0.1, -0.05) is 25.1 Å². The third-order valence-electron chi connectivity index (χ3n) is 9.93. The van der Waals surface area contributed by atoms with Gasteiger partial charge in [-0.3, -0.25) is 0 Å². The summed E-state index contributed by atoms with van der Waals surface area (Å²) in [5.41, 5.74) is -0.123. The first-order valence-corrected chi connectivity index (χ1v) is 12.8. The zero-order valence-electron chi connectivity index (χ0n) is 21.2. The standard InChI is InChI=1S/C27H43NO6/c1-24(2,32)10-9-23(31)27(5,33)22-7-6-16-15-12-19(28-34)18-13-20(29)21(30)14-26(18,4)17(15)8-11-25(16,22)3/h6,12,17-18,20-23,29-34H,7-11,13-14H2,1-5H3/b28-19-/t17?,18-,20+,21-,22?,23+,25-,26+,27+/m0/s1. The number of nitrogens with zero attached hydrogens (tertiary/aromatic N) is 1. The van der Waals surface area contributed by atoms with Crippen LogP contribution >= 0.6 is 0 Å². The minimum Gasteiger partial charge on any atom is -0.411 e. The van der Waals surface area contributed by atoms with Gasteiger partial charge in [-0.15, -0.1) is 0 Å². The van der Waals surface area contributed by atoms with E-state index in [4.69, 9.17) is 0 Å². The van der Waals surface area contributed by atoms with Crippen LogP contribution in [-0.2, 0) is 0 Å². The lowest BCUT2D eigenvalue weighted by Crippen LogP contribution is -2.56. The van der Waals surface area contributed by atoms with Crippen molar-refractivity contribution >= 4 is 5.71 Å². The highest BCUT2D eigenvalue weighted by Gasteiger charge is 2.60. The van der Waals surface area contributed by atoms with Crippen LogP contribution in [0.4, 0.5) is 0 Å². The van der Waals surface area contributed by atoms with Gasteiger partial charge in [0.15, 0.2) is 0 Å². The molecule has 0 bridgehead atoms. The van der Waals surface area contributed by atoms with Crippen LogP contribution in [0, 0.1) is 28.6 Å². The molecule has 4 aliphatic carbocycles. The first-order valence-electron chi connectivity index (χ1n) is 12.8. The molecule has 0 aromatic heterocycles. The van der Waals surface area contributed by atoms with Crippen LogP contribution < -0.4 is 0 Å². The summed E-state index contributed by atoms with van der Waals surface area (Å²) in [5.74, 6) is -0.153. The summed E-state index contributed by atoms with van der Waals surface area (Å²) in [6.07, 6.45) is 5.41. The molecule has 7 nitrogen and oxygen atoms in total. The number of fused-ring (bicyclic) bond motifs is 5. The van der Waals surface area contributed by atoms with Gasteiger partial charge < -0.3 is 30.7 Å². The van der Waals surface area contributed by atoms with Crippen molar-refractivity contribution in [3.05, 3.63) is 23.3 Å². The molecule has 0 amide bonds. The molecule has 9 atom stereocenters. The van der Waals surface area contributed by atoms with E-state index in [1.165, 1.54) is 0 Å². The predicted molar refractivity (Wildman–Crippen MR) is 129 cm³/mol. The average molecular weight is 478 g/mol. The van der Waals surface area contributed by atoms with Crippen molar-refractivity contribution in [2.45, 2.75) is 109 Å². The average Bonchev–Trinajstić information content (AvgIpc) is 3.10. The summed E-state index contributed by atoms with van der Waals surface area (Å²) in [5, 5.41) is 66.9. The van der Waals surface area contributed by atoms with Crippen molar-refractivity contribution in [1.29, 1.82) is 0 Å². The summed E-state index contributed by atoms with van der Waals surface area (Å²) >= 11 is 0. The molecular weight excluding hydrogens is 434 g/mol. The van der Waals surface area contributed by atoms with Crippen molar-refractivity contribution in [2.75, 3.05) is 0 Å². The Hall–Kier alpha value is -1.25. The molecule has 2 fully saturated rings. The Morgan fingerprint density at radius 3 is 2.41 bits per heavy atom. The van der Waals surface area contributed by atoms with Crippen LogP contribution in [0.15, 0.2) is 28.5 Å². The maximum Gasteiger partial charge on any atom is 0.0916 e. The number of aliphatic hydroxyl groups excluding tert-OH is 3. The van der Waals surface area contributed by atoms with Crippen molar-refractivity contribution in [3.8, 4) is 0 Å². The van der Waals surface area contributed by atoms with Gasteiger partial charge in [0.05, 0.1) is 35.2 Å². The Morgan fingerprint density at radius 2 is 1.79 bits per heavy atom. The van der Waals surface area contributed by atoms with Gasteiger partial charge in [0.25, 0.3) is 0 Å². The second kappa shape index (κ2) is 8.41. The number of rotatable bonds is 5. The lowest BCUT2D eigenvalue weighted by atomic mass is 9.47. The Bertz CT molecular complexity index is 901. The minimum atomic E-state index is -1.33. The Morgan fingerprint density at radius 1 is 1.12 bits per heavy atom. The molecule has 0 aliphatic heterocycles. The summed E-state index contributed by atoms with van der Waals surface area (Å²) in [4.78, 5) is 0. The highest BCUT2D eigenvalue weighted by atomic mass is 16.4. The van der Waals surface area contributed by atoms with E-state index in [2.05, 4.69) is 25.1 Å². The maximum atomic E-state index is 11.6. The topological polar surface area (TPSA) is 134 Å². The highest BCUT2D eigenvalue weighted by molar-refractivity contribution is 5.99. The lowest BCUT2D eigenvalue weighted by molar-refractivity contribution is -0.134. The summed E-state index contributed by atoms with van der Waals surface area (Å²) in [6, 6.07) is 0. The van der Waals surface area contributed by atoms with E-state index in [0.717, 1.165) is 24.0 Å². The van der Waals surface area contributed by atoms with Crippen molar-refractivity contribution in [2.24, 2.45) is 33.7 Å². The fourth-order valence-electron chi connectivity index (χ4n) is 7.82. The number of oxime groups is 1. The van der Waals surface area contributed by atoms with E-state index in [1.54, 1.807) is 20.8 Å². The Labute approximate surface area is 202 Å².